The molecule has 9 heavy (non-hydrogen) atoms. The molecule has 0 amide bonds. The molecular formula is C8H16O. The van der Waals surface area contributed by atoms with E-state index in [1.165, 1.54) is 12.8 Å². The van der Waals surface area contributed by atoms with Crippen molar-refractivity contribution in [1.29, 1.82) is 0 Å². The average Bonchev–Trinajstić information content (AvgIpc) is 1.53. The summed E-state index contributed by atoms with van der Waals surface area (Å²) in [5.41, 5.74) is 0.449. The topological polar surface area (TPSA) is 9.23 Å². The van der Waals surface area contributed by atoms with Crippen molar-refractivity contribution in [3.05, 3.63) is 0 Å². The summed E-state index contributed by atoms with van der Waals surface area (Å²) in [6, 6.07) is 0. The highest BCUT2D eigenvalue weighted by Crippen LogP contribution is 2.27. The van der Waals surface area contributed by atoms with Gasteiger partial charge in [0.15, 0.2) is 0 Å². The minimum absolute atomic E-state index is 0.449. The Hall–Kier alpha value is -0.0400. The zero-order chi connectivity index (χ0) is 6.91. The third-order valence-corrected chi connectivity index (χ3v) is 1.63. The van der Waals surface area contributed by atoms with E-state index in [4.69, 9.17) is 4.74 Å². The van der Waals surface area contributed by atoms with Crippen LogP contribution in [0.2, 0.25) is 0 Å². The monoisotopic (exact) mass is 128 g/mol. The molecule has 0 aromatic rings. The minimum atomic E-state index is 0.449. The average molecular weight is 128 g/mol. The van der Waals surface area contributed by atoms with Crippen LogP contribution in [0, 0.1) is 5.41 Å². The molecule has 0 aromatic heterocycles. The highest BCUT2D eigenvalue weighted by Gasteiger charge is 2.24. The molecule has 0 radical (unpaired) electrons. The Kier molecular flexibility index (Phi) is 1.80. The van der Waals surface area contributed by atoms with Crippen LogP contribution in [-0.4, -0.2) is 12.7 Å². The molecule has 1 nitrogen and oxygen atoms in total. The van der Waals surface area contributed by atoms with Crippen LogP contribution in [0.4, 0.5) is 0 Å². The summed E-state index contributed by atoms with van der Waals surface area (Å²) in [7, 11) is 0. The smallest absolute Gasteiger partial charge is 0.0602 e. The lowest BCUT2D eigenvalue weighted by Crippen LogP contribution is -2.30. The van der Waals surface area contributed by atoms with Gasteiger partial charge in [-0.1, -0.05) is 20.8 Å². The molecule has 1 heterocycles. The Morgan fingerprint density at radius 1 is 1.44 bits per heavy atom. The molecular weight excluding hydrogens is 112 g/mol. The van der Waals surface area contributed by atoms with E-state index in [-0.39, 0.29) is 0 Å². The van der Waals surface area contributed by atoms with Crippen LogP contribution in [0.25, 0.3) is 0 Å². The van der Waals surface area contributed by atoms with E-state index in [1.54, 1.807) is 0 Å². The minimum Gasteiger partial charge on any atom is -0.378 e. The summed E-state index contributed by atoms with van der Waals surface area (Å²) in [4.78, 5) is 0. The summed E-state index contributed by atoms with van der Waals surface area (Å²) in [6.07, 6.45) is 3.06. The summed E-state index contributed by atoms with van der Waals surface area (Å²) < 4.78 is 5.31. The summed E-state index contributed by atoms with van der Waals surface area (Å²) in [5.74, 6) is 0. The second-order valence-corrected chi connectivity index (χ2v) is 4.05. The van der Waals surface area contributed by atoms with Gasteiger partial charge in [-0.15, -0.1) is 0 Å². The lowest BCUT2D eigenvalue weighted by Gasteiger charge is -2.32. The normalized spacial score (nSPS) is 27.7. The molecule has 1 rings (SSSR count). The van der Waals surface area contributed by atoms with Crippen LogP contribution in [0.15, 0.2) is 0 Å². The molecule has 0 N–H and O–H groups in total. The molecule has 0 saturated carbocycles. The molecule has 0 bridgehead atoms. The predicted molar refractivity (Wildman–Crippen MR) is 38.4 cm³/mol. The van der Waals surface area contributed by atoms with Crippen molar-refractivity contribution in [2.45, 2.75) is 39.7 Å². The van der Waals surface area contributed by atoms with Crippen LogP contribution < -0.4 is 0 Å². The van der Waals surface area contributed by atoms with Crippen molar-refractivity contribution in [2.75, 3.05) is 6.61 Å². The second kappa shape index (κ2) is 2.30. The molecule has 1 fully saturated rings. The van der Waals surface area contributed by atoms with Gasteiger partial charge < -0.3 is 4.74 Å². The Balaban J connectivity index is 2.16. The van der Waals surface area contributed by atoms with E-state index >= 15 is 0 Å². The van der Waals surface area contributed by atoms with Crippen LogP contribution in [0.1, 0.15) is 33.6 Å². The van der Waals surface area contributed by atoms with E-state index in [9.17, 15) is 0 Å². The van der Waals surface area contributed by atoms with E-state index in [1.807, 2.05) is 0 Å². The van der Waals surface area contributed by atoms with Gasteiger partial charge in [0, 0.05) is 6.61 Å². The summed E-state index contributed by atoms with van der Waals surface area (Å²) >= 11 is 0. The van der Waals surface area contributed by atoms with E-state index in [0.29, 0.717) is 11.5 Å². The maximum Gasteiger partial charge on any atom is 0.0602 e. The first-order chi connectivity index (χ1) is 4.08. The third-order valence-electron chi connectivity index (χ3n) is 1.63. The van der Waals surface area contributed by atoms with Crippen LogP contribution in [0.5, 0.6) is 0 Å². The molecule has 1 atom stereocenters. The molecule has 1 saturated heterocycles. The zero-order valence-corrected chi connectivity index (χ0v) is 6.61. The fourth-order valence-electron chi connectivity index (χ4n) is 1.13. The molecule has 1 aliphatic heterocycles. The molecule has 1 aliphatic rings. The van der Waals surface area contributed by atoms with Gasteiger partial charge in [0.25, 0.3) is 0 Å². The van der Waals surface area contributed by atoms with E-state index < -0.39 is 0 Å². The van der Waals surface area contributed by atoms with Gasteiger partial charge in [0.1, 0.15) is 0 Å². The first-order valence-corrected chi connectivity index (χ1v) is 3.69. The molecule has 0 aliphatic carbocycles. The zero-order valence-electron chi connectivity index (χ0n) is 6.61. The Morgan fingerprint density at radius 3 is 2.11 bits per heavy atom. The number of ether oxygens (including phenoxy) is 1. The van der Waals surface area contributed by atoms with Crippen molar-refractivity contribution in [3.63, 3.8) is 0 Å². The van der Waals surface area contributed by atoms with Crippen molar-refractivity contribution in [2.24, 2.45) is 5.41 Å². The standard InChI is InChI=1S/C8H16O/c1-8(2,3)6-7-4-5-9-7/h7H,4-6H2,1-3H3. The van der Waals surface area contributed by atoms with Crippen molar-refractivity contribution in [3.8, 4) is 0 Å². The van der Waals surface area contributed by atoms with Gasteiger partial charge in [-0.2, -0.15) is 0 Å². The fourth-order valence-corrected chi connectivity index (χ4v) is 1.13. The van der Waals surface area contributed by atoms with Gasteiger partial charge in [-0.25, -0.2) is 0 Å². The summed E-state index contributed by atoms with van der Waals surface area (Å²) in [6.45, 7) is 7.76. The maximum atomic E-state index is 5.31. The van der Waals surface area contributed by atoms with Crippen LogP contribution >= 0.6 is 0 Å². The van der Waals surface area contributed by atoms with Crippen molar-refractivity contribution in [1.82, 2.24) is 0 Å². The SMILES string of the molecule is CC(C)(C)CC1CCO1. The van der Waals surface area contributed by atoms with Gasteiger partial charge >= 0.3 is 0 Å². The van der Waals surface area contributed by atoms with Crippen molar-refractivity contribution >= 4 is 0 Å². The quantitative estimate of drug-likeness (QED) is 0.526. The lowest BCUT2D eigenvalue weighted by molar-refractivity contribution is -0.0697. The third kappa shape index (κ3) is 2.35. The Bertz CT molecular complexity index is 87.2. The van der Waals surface area contributed by atoms with Gasteiger partial charge in [0.05, 0.1) is 6.10 Å². The Morgan fingerprint density at radius 2 is 2.00 bits per heavy atom. The highest BCUT2D eigenvalue weighted by molar-refractivity contribution is 4.73. The maximum absolute atomic E-state index is 5.31. The van der Waals surface area contributed by atoms with E-state index in [0.717, 1.165) is 6.61 Å². The second-order valence-electron chi connectivity index (χ2n) is 4.05. The van der Waals surface area contributed by atoms with Gasteiger partial charge in [-0.05, 0) is 18.3 Å². The molecule has 54 valence electrons. The number of hydrogen-bond acceptors (Lipinski definition) is 1. The number of rotatable bonds is 1. The van der Waals surface area contributed by atoms with Crippen LogP contribution in [-0.2, 0) is 4.74 Å². The molecule has 1 heteroatoms. The lowest BCUT2D eigenvalue weighted by atomic mass is 9.87. The van der Waals surface area contributed by atoms with Crippen molar-refractivity contribution < 1.29 is 4.74 Å². The van der Waals surface area contributed by atoms with Crippen LogP contribution in [0.3, 0.4) is 0 Å². The Labute approximate surface area is 57.4 Å². The first kappa shape index (κ1) is 7.07. The predicted octanol–water partition coefficient (Wildman–Crippen LogP) is 2.21. The first-order valence-electron chi connectivity index (χ1n) is 3.69. The van der Waals surface area contributed by atoms with Gasteiger partial charge in [-0.3, -0.25) is 0 Å². The molecule has 0 aromatic carbocycles. The largest absolute Gasteiger partial charge is 0.378 e. The van der Waals surface area contributed by atoms with E-state index in [2.05, 4.69) is 20.8 Å². The van der Waals surface area contributed by atoms with Gasteiger partial charge in [0.2, 0.25) is 0 Å². The summed E-state index contributed by atoms with van der Waals surface area (Å²) in [5, 5.41) is 0. The molecule has 1 unspecified atom stereocenters. The molecule has 0 spiro atoms. The highest BCUT2D eigenvalue weighted by atomic mass is 16.5. The number of hydrogen-bond donors (Lipinski definition) is 0. The fraction of sp³-hybridized carbons (Fsp3) is 1.00.